The highest BCUT2D eigenvalue weighted by Crippen LogP contribution is 2.13. The Kier molecular flexibility index (Phi) is 8.82. The van der Waals surface area contributed by atoms with Gasteiger partial charge >= 0.3 is 5.97 Å². The number of nitrogens with one attached hydrogen (secondary N) is 1. The summed E-state index contributed by atoms with van der Waals surface area (Å²) in [5, 5.41) is 11.4. The van der Waals surface area contributed by atoms with Crippen LogP contribution < -0.4 is 5.32 Å². The third-order valence-electron chi connectivity index (χ3n) is 4.40. The number of carboxylic acid groups (broad SMARTS) is 1. The molecule has 1 aromatic heterocycles. The smallest absolute Gasteiger partial charge is 0.303 e. The van der Waals surface area contributed by atoms with E-state index in [-0.39, 0.29) is 18.2 Å². The molecule has 29 heavy (non-hydrogen) atoms. The zero-order chi connectivity index (χ0) is 21.1. The van der Waals surface area contributed by atoms with Gasteiger partial charge in [0.15, 0.2) is 0 Å². The maximum Gasteiger partial charge on any atom is 0.303 e. The Morgan fingerprint density at radius 1 is 1.03 bits per heavy atom. The van der Waals surface area contributed by atoms with Crippen molar-refractivity contribution in [3.8, 4) is 0 Å². The van der Waals surface area contributed by atoms with Crippen molar-refractivity contribution in [3.05, 3.63) is 59.8 Å². The molecule has 2 N–H and O–H groups in total. The number of benzene rings is 1. The Labute approximate surface area is 170 Å². The predicted octanol–water partition coefficient (Wildman–Crippen LogP) is 3.37. The van der Waals surface area contributed by atoms with E-state index >= 15 is 0 Å². The number of unbranched alkanes of at least 4 members (excludes halogenated alkanes) is 1. The van der Waals surface area contributed by atoms with Crippen molar-refractivity contribution in [2.24, 2.45) is 0 Å². The number of aliphatic carboxylic acids is 1. The zero-order valence-corrected chi connectivity index (χ0v) is 16.6. The number of carbonyl (C=O) groups excluding carboxylic acids is 2. The van der Waals surface area contributed by atoms with Gasteiger partial charge in [-0.25, -0.2) is 4.98 Å². The molecule has 0 atom stereocenters. The summed E-state index contributed by atoms with van der Waals surface area (Å²) in [4.78, 5) is 40.8. The van der Waals surface area contributed by atoms with Crippen LogP contribution in [0.15, 0.2) is 48.7 Å². The lowest BCUT2D eigenvalue weighted by Crippen LogP contribution is -2.33. The van der Waals surface area contributed by atoms with Gasteiger partial charge in [0.2, 0.25) is 5.91 Å². The van der Waals surface area contributed by atoms with Crippen molar-refractivity contribution < 1.29 is 19.5 Å². The fraction of sp³-hybridized carbons (Fsp3) is 0.364. The average Bonchev–Trinajstić information content (AvgIpc) is 2.69. The number of hydrogen-bond acceptors (Lipinski definition) is 4. The summed E-state index contributed by atoms with van der Waals surface area (Å²) in [6.45, 7) is 2.44. The van der Waals surface area contributed by atoms with E-state index in [1.54, 1.807) is 17.0 Å². The van der Waals surface area contributed by atoms with Crippen LogP contribution in [-0.2, 0) is 16.0 Å². The lowest BCUT2D eigenvalue weighted by atomic mass is 10.1. The second-order valence-corrected chi connectivity index (χ2v) is 6.84. The Hall–Kier alpha value is -3.22. The Morgan fingerprint density at radius 2 is 1.76 bits per heavy atom. The second kappa shape index (κ2) is 11.6. The molecule has 0 radical (unpaired) electrons. The molecule has 0 saturated carbocycles. The number of carboxylic acids is 1. The minimum Gasteiger partial charge on any atom is -0.481 e. The molecule has 0 fully saturated rings. The first-order chi connectivity index (χ1) is 14.0. The van der Waals surface area contributed by atoms with Crippen molar-refractivity contribution in [3.63, 3.8) is 0 Å². The fourth-order valence-electron chi connectivity index (χ4n) is 3.01. The van der Waals surface area contributed by atoms with Gasteiger partial charge in [0.1, 0.15) is 5.82 Å². The molecule has 0 bridgehead atoms. The highest BCUT2D eigenvalue weighted by Gasteiger charge is 2.16. The van der Waals surface area contributed by atoms with E-state index in [1.807, 2.05) is 18.2 Å². The van der Waals surface area contributed by atoms with Gasteiger partial charge in [0, 0.05) is 38.2 Å². The van der Waals surface area contributed by atoms with Crippen LogP contribution in [0.25, 0.3) is 0 Å². The fourth-order valence-corrected chi connectivity index (χ4v) is 3.01. The van der Waals surface area contributed by atoms with Crippen LogP contribution in [0.1, 0.15) is 48.5 Å². The molecule has 1 aromatic carbocycles. The van der Waals surface area contributed by atoms with Gasteiger partial charge in [-0.05, 0) is 43.4 Å². The number of amides is 2. The third kappa shape index (κ3) is 8.13. The van der Waals surface area contributed by atoms with E-state index in [2.05, 4.69) is 22.4 Å². The number of rotatable bonds is 11. The van der Waals surface area contributed by atoms with Gasteiger partial charge in [-0.15, -0.1) is 0 Å². The third-order valence-corrected chi connectivity index (χ3v) is 4.40. The first-order valence-electron chi connectivity index (χ1n) is 9.74. The zero-order valence-electron chi connectivity index (χ0n) is 16.6. The summed E-state index contributed by atoms with van der Waals surface area (Å²) in [7, 11) is 0. The standard InChI is InChI=1S/C22H27N3O4/c1-17(26)24-20-16-19(12-13-23-20)22(29)25(14-6-5-11-21(27)28)15-7-10-18-8-3-2-4-9-18/h2-4,8-9,12-13,16H,5-7,10-11,14-15H2,1H3,(H,27,28)(H,23,24,26). The molecule has 0 unspecified atom stereocenters. The first kappa shape index (κ1) is 22.1. The van der Waals surface area contributed by atoms with Gasteiger partial charge < -0.3 is 15.3 Å². The molecule has 0 aliphatic rings. The Morgan fingerprint density at radius 3 is 2.45 bits per heavy atom. The second-order valence-electron chi connectivity index (χ2n) is 6.84. The summed E-state index contributed by atoms with van der Waals surface area (Å²) in [5.41, 5.74) is 1.66. The number of aromatic nitrogens is 1. The van der Waals surface area contributed by atoms with Crippen LogP contribution in [0, 0.1) is 0 Å². The van der Waals surface area contributed by atoms with Crippen LogP contribution in [0.5, 0.6) is 0 Å². The lowest BCUT2D eigenvalue weighted by molar-refractivity contribution is -0.137. The van der Waals surface area contributed by atoms with Crippen LogP contribution in [0.4, 0.5) is 5.82 Å². The van der Waals surface area contributed by atoms with E-state index in [1.165, 1.54) is 18.7 Å². The monoisotopic (exact) mass is 397 g/mol. The minimum atomic E-state index is -0.832. The SMILES string of the molecule is CC(=O)Nc1cc(C(=O)N(CCCCC(=O)O)CCCc2ccccc2)ccn1. The van der Waals surface area contributed by atoms with E-state index in [9.17, 15) is 14.4 Å². The minimum absolute atomic E-state index is 0.0913. The summed E-state index contributed by atoms with van der Waals surface area (Å²) >= 11 is 0. The molecule has 0 spiro atoms. The normalized spacial score (nSPS) is 10.4. The lowest BCUT2D eigenvalue weighted by Gasteiger charge is -2.23. The molecule has 154 valence electrons. The highest BCUT2D eigenvalue weighted by molar-refractivity contribution is 5.96. The van der Waals surface area contributed by atoms with Gasteiger partial charge in [-0.1, -0.05) is 30.3 Å². The van der Waals surface area contributed by atoms with E-state index in [0.717, 1.165) is 12.8 Å². The topological polar surface area (TPSA) is 99.6 Å². The Bertz CT molecular complexity index is 824. The number of pyridine rings is 1. The molecule has 7 nitrogen and oxygen atoms in total. The van der Waals surface area contributed by atoms with Gasteiger partial charge in [0.25, 0.3) is 5.91 Å². The van der Waals surface area contributed by atoms with Gasteiger partial charge in [-0.3, -0.25) is 14.4 Å². The number of nitrogens with zero attached hydrogens (tertiary/aromatic N) is 2. The molecule has 0 aliphatic heterocycles. The van der Waals surface area contributed by atoms with Crippen molar-refractivity contribution >= 4 is 23.6 Å². The number of anilines is 1. The molecule has 1 heterocycles. The molecule has 2 aromatic rings. The summed E-state index contributed by atoms with van der Waals surface area (Å²) < 4.78 is 0. The molecule has 2 rings (SSSR count). The largest absolute Gasteiger partial charge is 0.481 e. The van der Waals surface area contributed by atoms with E-state index in [0.29, 0.717) is 37.3 Å². The van der Waals surface area contributed by atoms with Crippen LogP contribution >= 0.6 is 0 Å². The van der Waals surface area contributed by atoms with Crippen molar-refractivity contribution in [2.75, 3.05) is 18.4 Å². The van der Waals surface area contributed by atoms with Crippen molar-refractivity contribution in [1.82, 2.24) is 9.88 Å². The van der Waals surface area contributed by atoms with Crippen molar-refractivity contribution in [2.45, 2.75) is 39.0 Å². The predicted molar refractivity (Wildman–Crippen MR) is 111 cm³/mol. The summed E-state index contributed by atoms with van der Waals surface area (Å²) in [5.74, 6) is -0.905. The molecule has 7 heteroatoms. The van der Waals surface area contributed by atoms with E-state index < -0.39 is 5.97 Å². The number of hydrogen-bond donors (Lipinski definition) is 2. The average molecular weight is 397 g/mol. The quantitative estimate of drug-likeness (QED) is 0.566. The molecule has 2 amide bonds. The molecule has 0 saturated heterocycles. The first-order valence-corrected chi connectivity index (χ1v) is 9.74. The van der Waals surface area contributed by atoms with Crippen LogP contribution in [0.3, 0.4) is 0 Å². The summed E-state index contributed by atoms with van der Waals surface area (Å²) in [6, 6.07) is 13.2. The Balaban J connectivity index is 2.02. The molecular weight excluding hydrogens is 370 g/mol. The highest BCUT2D eigenvalue weighted by atomic mass is 16.4. The number of carbonyl (C=O) groups is 3. The van der Waals surface area contributed by atoms with Crippen molar-refractivity contribution in [1.29, 1.82) is 0 Å². The maximum atomic E-state index is 13.0. The van der Waals surface area contributed by atoms with Gasteiger partial charge in [0.05, 0.1) is 0 Å². The van der Waals surface area contributed by atoms with E-state index in [4.69, 9.17) is 5.11 Å². The summed E-state index contributed by atoms with van der Waals surface area (Å²) in [6.07, 6.45) is 4.38. The maximum absolute atomic E-state index is 13.0. The number of aryl methyl sites for hydroxylation is 1. The van der Waals surface area contributed by atoms with Crippen LogP contribution in [-0.4, -0.2) is 45.9 Å². The molecular formula is C22H27N3O4. The van der Waals surface area contributed by atoms with Gasteiger partial charge in [-0.2, -0.15) is 0 Å². The van der Waals surface area contributed by atoms with Crippen LogP contribution in [0.2, 0.25) is 0 Å². The molecule has 0 aliphatic carbocycles.